The number of hydrazone groups is 1. The highest BCUT2D eigenvalue weighted by molar-refractivity contribution is 6.03. The molecule has 0 radical (unpaired) electrons. The minimum Gasteiger partial charge on any atom is -0.489 e. The number of carbonyl (C=O) groups excluding carboxylic acids is 2. The molecule has 9 nitrogen and oxygen atoms in total. The van der Waals surface area contributed by atoms with Crippen LogP contribution in [0.4, 0.5) is 11.4 Å². The van der Waals surface area contributed by atoms with Crippen LogP contribution >= 0.6 is 0 Å². The van der Waals surface area contributed by atoms with Crippen molar-refractivity contribution in [3.63, 3.8) is 0 Å². The molecular weight excluding hydrogens is 412 g/mol. The Kier molecular flexibility index (Phi) is 7.63. The van der Waals surface area contributed by atoms with Crippen LogP contribution in [-0.2, 0) is 16.2 Å². The Morgan fingerprint density at radius 2 is 1.62 bits per heavy atom. The van der Waals surface area contributed by atoms with Crippen LogP contribution in [0.15, 0.2) is 84.0 Å². The summed E-state index contributed by atoms with van der Waals surface area (Å²) in [6, 6.07) is 22.0. The maximum atomic E-state index is 11.8. The van der Waals surface area contributed by atoms with Crippen LogP contribution in [0.3, 0.4) is 0 Å². The third-order valence-corrected chi connectivity index (χ3v) is 4.21. The zero-order valence-electron chi connectivity index (χ0n) is 16.9. The van der Waals surface area contributed by atoms with Crippen molar-refractivity contribution >= 4 is 29.4 Å². The molecule has 0 unspecified atom stereocenters. The van der Waals surface area contributed by atoms with E-state index < -0.39 is 16.7 Å². The number of carbonyl (C=O) groups is 2. The molecule has 0 saturated heterocycles. The van der Waals surface area contributed by atoms with Crippen LogP contribution in [0.25, 0.3) is 0 Å². The first kappa shape index (κ1) is 22.2. The van der Waals surface area contributed by atoms with Gasteiger partial charge in [0, 0.05) is 17.8 Å². The number of non-ortho nitro benzene ring substituents is 1. The van der Waals surface area contributed by atoms with Crippen molar-refractivity contribution in [1.29, 1.82) is 0 Å². The molecule has 3 rings (SSSR count). The number of hydrogen-bond donors (Lipinski definition) is 2. The van der Waals surface area contributed by atoms with Crippen molar-refractivity contribution in [2.75, 3.05) is 5.32 Å². The molecule has 3 aromatic rings. The number of amides is 2. The molecule has 0 aliphatic rings. The molecule has 0 aromatic heterocycles. The molecule has 3 aromatic carbocycles. The molecule has 0 heterocycles. The number of benzene rings is 3. The molecule has 0 spiro atoms. The summed E-state index contributed by atoms with van der Waals surface area (Å²) in [6.07, 6.45) is 1.11. The highest BCUT2D eigenvalue weighted by Gasteiger charge is 2.08. The van der Waals surface area contributed by atoms with E-state index in [2.05, 4.69) is 15.8 Å². The molecule has 0 saturated carbocycles. The quantitative estimate of drug-likeness (QED) is 0.231. The van der Waals surface area contributed by atoms with E-state index in [1.165, 1.54) is 18.3 Å². The monoisotopic (exact) mass is 432 g/mol. The van der Waals surface area contributed by atoms with E-state index in [9.17, 15) is 19.7 Å². The van der Waals surface area contributed by atoms with E-state index in [4.69, 9.17) is 4.74 Å². The first-order valence-corrected chi connectivity index (χ1v) is 9.62. The van der Waals surface area contributed by atoms with Gasteiger partial charge in [-0.15, -0.1) is 0 Å². The number of rotatable bonds is 9. The van der Waals surface area contributed by atoms with Gasteiger partial charge in [0.1, 0.15) is 18.8 Å². The van der Waals surface area contributed by atoms with E-state index in [1.54, 1.807) is 60.7 Å². The highest BCUT2D eigenvalue weighted by Crippen LogP contribution is 2.16. The summed E-state index contributed by atoms with van der Waals surface area (Å²) < 4.78 is 5.65. The van der Waals surface area contributed by atoms with Crippen molar-refractivity contribution < 1.29 is 19.2 Å². The van der Waals surface area contributed by atoms with Gasteiger partial charge in [-0.1, -0.05) is 18.2 Å². The molecule has 0 aliphatic heterocycles. The smallest absolute Gasteiger partial charge is 0.269 e. The largest absolute Gasteiger partial charge is 0.489 e. The van der Waals surface area contributed by atoms with E-state index in [0.717, 1.165) is 11.1 Å². The third-order valence-electron chi connectivity index (χ3n) is 4.21. The van der Waals surface area contributed by atoms with Crippen molar-refractivity contribution in [2.45, 2.75) is 13.0 Å². The fourth-order valence-electron chi connectivity index (χ4n) is 2.62. The molecule has 0 atom stereocenters. The summed E-state index contributed by atoms with van der Waals surface area (Å²) in [5.74, 6) is -0.349. The number of ether oxygens (including phenoxy) is 1. The Balaban J connectivity index is 1.42. The maximum Gasteiger partial charge on any atom is 0.269 e. The van der Waals surface area contributed by atoms with Crippen molar-refractivity contribution in [1.82, 2.24) is 5.43 Å². The lowest BCUT2D eigenvalue weighted by Crippen LogP contribution is -2.24. The summed E-state index contributed by atoms with van der Waals surface area (Å²) in [5.41, 5.74) is 4.49. The molecule has 0 bridgehead atoms. The van der Waals surface area contributed by atoms with Gasteiger partial charge < -0.3 is 10.1 Å². The summed E-state index contributed by atoms with van der Waals surface area (Å²) in [4.78, 5) is 33.9. The van der Waals surface area contributed by atoms with E-state index in [0.29, 0.717) is 11.4 Å². The molecule has 32 heavy (non-hydrogen) atoms. The van der Waals surface area contributed by atoms with Crippen LogP contribution < -0.4 is 15.5 Å². The van der Waals surface area contributed by atoms with Gasteiger partial charge in [0.2, 0.25) is 11.8 Å². The first-order valence-electron chi connectivity index (χ1n) is 9.62. The maximum absolute atomic E-state index is 11.8. The highest BCUT2D eigenvalue weighted by atomic mass is 16.6. The minimum atomic E-state index is -0.530. The molecule has 2 amide bonds. The Hall–Kier alpha value is -4.53. The van der Waals surface area contributed by atoms with Gasteiger partial charge in [0.25, 0.3) is 5.69 Å². The summed E-state index contributed by atoms with van der Waals surface area (Å²) in [6.45, 7) is 0.270. The van der Waals surface area contributed by atoms with Gasteiger partial charge in [-0.25, -0.2) is 5.43 Å². The predicted octanol–water partition coefficient (Wildman–Crippen LogP) is 3.65. The van der Waals surface area contributed by atoms with Gasteiger partial charge >= 0.3 is 0 Å². The molecule has 0 aliphatic carbocycles. The molecule has 0 fully saturated rings. The average molecular weight is 432 g/mol. The third kappa shape index (κ3) is 7.06. The number of nitrogens with zero attached hydrogens (tertiary/aromatic N) is 2. The summed E-state index contributed by atoms with van der Waals surface area (Å²) in [5, 5.41) is 17.1. The zero-order chi connectivity index (χ0) is 22.8. The number of hydrogen-bond acceptors (Lipinski definition) is 6. The first-order chi connectivity index (χ1) is 15.5. The van der Waals surface area contributed by atoms with Gasteiger partial charge in [-0.3, -0.25) is 19.7 Å². The SMILES string of the molecule is O=C(CC(=O)Nc1ccccc1)NN=Cc1ccc(OCc2ccc([N+](=O)[O-])cc2)cc1. The second kappa shape index (κ2) is 11.0. The molecule has 162 valence electrons. The number of nitro groups is 1. The van der Waals surface area contributed by atoms with Crippen LogP contribution in [0.1, 0.15) is 17.5 Å². The lowest BCUT2D eigenvalue weighted by atomic mass is 10.2. The minimum absolute atomic E-state index is 0.0290. The van der Waals surface area contributed by atoms with E-state index in [-0.39, 0.29) is 18.7 Å². The number of nitro benzene ring substituents is 1. The molecule has 2 N–H and O–H groups in total. The fourth-order valence-corrected chi connectivity index (χ4v) is 2.62. The average Bonchev–Trinajstić information content (AvgIpc) is 2.79. The van der Waals surface area contributed by atoms with Gasteiger partial charge in [-0.05, 0) is 59.7 Å². The standard InChI is InChI=1S/C23H20N4O5/c28-22(25-19-4-2-1-3-5-19)14-23(29)26-24-15-17-8-12-21(13-9-17)32-16-18-6-10-20(11-7-18)27(30)31/h1-13,15H,14,16H2,(H,25,28)(H,26,29). The number of anilines is 1. The van der Waals surface area contributed by atoms with Crippen LogP contribution in [0, 0.1) is 10.1 Å². The predicted molar refractivity (Wildman–Crippen MR) is 119 cm³/mol. The Labute approximate surface area is 183 Å². The molecule has 9 heteroatoms. The number of para-hydroxylation sites is 1. The fraction of sp³-hybridized carbons (Fsp3) is 0.0870. The second-order valence-electron chi connectivity index (χ2n) is 6.67. The van der Waals surface area contributed by atoms with Crippen molar-refractivity contribution in [3.8, 4) is 5.75 Å². The van der Waals surface area contributed by atoms with Crippen molar-refractivity contribution in [2.24, 2.45) is 5.10 Å². The summed E-state index contributed by atoms with van der Waals surface area (Å²) in [7, 11) is 0. The second-order valence-corrected chi connectivity index (χ2v) is 6.67. The van der Waals surface area contributed by atoms with Gasteiger partial charge in [-0.2, -0.15) is 5.10 Å². The zero-order valence-corrected chi connectivity index (χ0v) is 16.9. The van der Waals surface area contributed by atoms with Crippen LogP contribution in [-0.4, -0.2) is 23.0 Å². The normalized spacial score (nSPS) is 10.5. The Bertz CT molecular complexity index is 1100. The van der Waals surface area contributed by atoms with E-state index in [1.807, 2.05) is 6.07 Å². The number of nitrogens with one attached hydrogen (secondary N) is 2. The van der Waals surface area contributed by atoms with Crippen molar-refractivity contribution in [3.05, 3.63) is 100 Å². The Morgan fingerprint density at radius 1 is 0.938 bits per heavy atom. The van der Waals surface area contributed by atoms with Gasteiger partial charge in [0.15, 0.2) is 0 Å². The van der Waals surface area contributed by atoms with E-state index >= 15 is 0 Å². The summed E-state index contributed by atoms with van der Waals surface area (Å²) >= 11 is 0. The van der Waals surface area contributed by atoms with Crippen LogP contribution in [0.5, 0.6) is 5.75 Å². The lowest BCUT2D eigenvalue weighted by molar-refractivity contribution is -0.384. The lowest BCUT2D eigenvalue weighted by Gasteiger charge is -2.06. The van der Waals surface area contributed by atoms with Gasteiger partial charge in [0.05, 0.1) is 11.1 Å². The van der Waals surface area contributed by atoms with Crippen LogP contribution in [0.2, 0.25) is 0 Å². The topological polar surface area (TPSA) is 123 Å². The molecular formula is C23H20N4O5. The Morgan fingerprint density at radius 3 is 2.28 bits per heavy atom.